The summed E-state index contributed by atoms with van der Waals surface area (Å²) < 4.78 is 47.3. The van der Waals surface area contributed by atoms with E-state index >= 15 is 0 Å². The Morgan fingerprint density at radius 1 is 0.700 bits per heavy atom. The van der Waals surface area contributed by atoms with Gasteiger partial charge in [0.25, 0.3) is 0 Å². The molecule has 0 aliphatic rings. The number of allylic oxidation sites excluding steroid dienone is 2. The second-order valence-electron chi connectivity index (χ2n) is 9.23. The van der Waals surface area contributed by atoms with E-state index in [0.29, 0.717) is 6.42 Å². The Labute approximate surface area is 241 Å². The maximum absolute atomic E-state index is 12.3. The Balaban J connectivity index is 0. The number of halogens is 3. The van der Waals surface area contributed by atoms with Gasteiger partial charge in [-0.1, -0.05) is 67.5 Å². The first kappa shape index (κ1) is 39.4. The number of ether oxygens (including phenoxy) is 2. The third kappa shape index (κ3) is 21.2. The Bertz CT molecular complexity index is 871. The van der Waals surface area contributed by atoms with Gasteiger partial charge in [-0.05, 0) is 86.6 Å². The van der Waals surface area contributed by atoms with Crippen LogP contribution in [0.5, 0.6) is 0 Å². The number of rotatable bonds is 15. The van der Waals surface area contributed by atoms with Gasteiger partial charge in [0, 0.05) is 33.9 Å². The zero-order chi connectivity index (χ0) is 30.7. The number of alkyl halides is 3. The molecule has 40 heavy (non-hydrogen) atoms. The number of carbonyl (C=O) groups is 1. The third-order valence-corrected chi connectivity index (χ3v) is 5.72. The number of unbranched alkanes of at least 4 members (excludes halogenated alkanes) is 3. The molecular formula is C34H51F3O3. The van der Waals surface area contributed by atoms with Crippen LogP contribution in [0.25, 0.3) is 11.1 Å². The van der Waals surface area contributed by atoms with Crippen LogP contribution in [-0.4, -0.2) is 40.4 Å². The molecular weight excluding hydrogens is 513 g/mol. The number of benzene rings is 2. The van der Waals surface area contributed by atoms with Gasteiger partial charge in [-0.25, -0.2) is 0 Å². The smallest absolute Gasteiger partial charge is 0.385 e. The molecule has 2 rings (SSSR count). The maximum atomic E-state index is 12.3. The number of aryl methyl sites for hydroxylation is 3. The zero-order valence-corrected chi connectivity index (χ0v) is 25.2. The summed E-state index contributed by atoms with van der Waals surface area (Å²) in [5.74, 6) is 0. The summed E-state index contributed by atoms with van der Waals surface area (Å²) in [5.41, 5.74) is 6.28. The molecule has 0 saturated heterocycles. The molecule has 0 aliphatic carbocycles. The van der Waals surface area contributed by atoms with Crippen molar-refractivity contribution >= 4 is 6.79 Å². The van der Waals surface area contributed by atoms with Crippen LogP contribution >= 0.6 is 0 Å². The molecule has 6 heteroatoms. The molecule has 0 bridgehead atoms. The molecule has 0 spiro atoms. The summed E-state index contributed by atoms with van der Waals surface area (Å²) in [6.45, 7) is 14.0. The summed E-state index contributed by atoms with van der Waals surface area (Å²) in [7, 11) is 3.44. The monoisotopic (exact) mass is 564 g/mol. The molecule has 226 valence electrons. The predicted octanol–water partition coefficient (Wildman–Crippen LogP) is 9.77. The van der Waals surface area contributed by atoms with Crippen molar-refractivity contribution in [1.29, 1.82) is 0 Å². The Hall–Kier alpha value is -2.70. The van der Waals surface area contributed by atoms with E-state index in [9.17, 15) is 13.2 Å². The van der Waals surface area contributed by atoms with Crippen LogP contribution in [-0.2, 0) is 33.5 Å². The van der Waals surface area contributed by atoms with Gasteiger partial charge in [0.05, 0.1) is 0 Å². The first-order chi connectivity index (χ1) is 19.3. The van der Waals surface area contributed by atoms with Gasteiger partial charge in [-0.3, -0.25) is 0 Å². The molecule has 0 unspecified atom stereocenters. The minimum absolute atomic E-state index is 0.220. The fraction of sp³-hybridized carbons (Fsp3) is 0.500. The Kier molecular flexibility index (Phi) is 26.1. The van der Waals surface area contributed by atoms with Crippen molar-refractivity contribution in [2.75, 3.05) is 27.4 Å². The Morgan fingerprint density at radius 2 is 1.18 bits per heavy atom. The molecule has 3 nitrogen and oxygen atoms in total. The SMILES string of the molecule is C=CC.C=CC.C=O.COCCCc1ccc(-c2ccc(CCCOC)cc2CCCCCCC(F)(F)F)cc1. The van der Waals surface area contributed by atoms with Gasteiger partial charge in [0.2, 0.25) is 0 Å². The van der Waals surface area contributed by atoms with E-state index in [1.165, 1.54) is 27.8 Å². The molecule has 0 aromatic heterocycles. The second-order valence-corrected chi connectivity index (χ2v) is 9.23. The van der Waals surface area contributed by atoms with Crippen molar-refractivity contribution in [1.82, 2.24) is 0 Å². The summed E-state index contributed by atoms with van der Waals surface area (Å²) >= 11 is 0. The predicted molar refractivity (Wildman–Crippen MR) is 164 cm³/mol. The van der Waals surface area contributed by atoms with E-state index in [2.05, 4.69) is 55.6 Å². The van der Waals surface area contributed by atoms with Crippen molar-refractivity contribution in [2.24, 2.45) is 0 Å². The van der Waals surface area contributed by atoms with Crippen LogP contribution in [0.2, 0.25) is 0 Å². The average molecular weight is 565 g/mol. The fourth-order valence-corrected chi connectivity index (χ4v) is 3.98. The molecule has 2 aromatic rings. The first-order valence-corrected chi connectivity index (χ1v) is 13.9. The molecule has 0 N–H and O–H groups in total. The standard InChI is InChI=1S/C27H37F3O2.2C3H6.CH2O/c1-31-19-7-9-22-12-15-24(16-13-22)26-17-14-23(10-8-20-32-2)21-25(26)11-5-3-4-6-18-27(28,29)30;2*1-3-2;1-2/h12-17,21H,3-11,18-20H2,1-2H3;2*3H,1H2,2H3;1H2. The summed E-state index contributed by atoms with van der Waals surface area (Å²) in [6.07, 6.45) is 6.18. The molecule has 2 aromatic carbocycles. The molecule has 0 amide bonds. The van der Waals surface area contributed by atoms with E-state index in [-0.39, 0.29) is 6.42 Å². The van der Waals surface area contributed by atoms with E-state index in [1.807, 2.05) is 20.6 Å². The van der Waals surface area contributed by atoms with Gasteiger partial charge in [0.1, 0.15) is 6.79 Å². The highest BCUT2D eigenvalue weighted by Crippen LogP contribution is 2.28. The normalized spacial score (nSPS) is 10.2. The number of hydrogen-bond donors (Lipinski definition) is 0. The summed E-state index contributed by atoms with van der Waals surface area (Å²) in [4.78, 5) is 8.00. The van der Waals surface area contributed by atoms with Crippen molar-refractivity contribution in [3.8, 4) is 11.1 Å². The van der Waals surface area contributed by atoms with Gasteiger partial charge < -0.3 is 14.3 Å². The number of methoxy groups -OCH3 is 2. The van der Waals surface area contributed by atoms with Gasteiger partial charge >= 0.3 is 6.18 Å². The Morgan fingerprint density at radius 3 is 1.68 bits per heavy atom. The van der Waals surface area contributed by atoms with Crippen molar-refractivity contribution < 1.29 is 27.4 Å². The third-order valence-electron chi connectivity index (χ3n) is 5.72. The lowest BCUT2D eigenvalue weighted by Gasteiger charge is -2.14. The minimum atomic E-state index is -4.04. The topological polar surface area (TPSA) is 35.5 Å². The van der Waals surface area contributed by atoms with Gasteiger partial charge in [-0.2, -0.15) is 13.2 Å². The van der Waals surface area contributed by atoms with E-state index < -0.39 is 12.6 Å². The largest absolute Gasteiger partial charge is 0.389 e. The van der Waals surface area contributed by atoms with Gasteiger partial charge in [0.15, 0.2) is 0 Å². The first-order valence-electron chi connectivity index (χ1n) is 13.9. The quantitative estimate of drug-likeness (QED) is 0.160. The lowest BCUT2D eigenvalue weighted by atomic mass is 9.92. The van der Waals surface area contributed by atoms with Crippen LogP contribution in [0, 0.1) is 0 Å². The van der Waals surface area contributed by atoms with Crippen molar-refractivity contribution in [3.05, 3.63) is 84.5 Å². The number of carbonyl (C=O) groups excluding carboxylic acids is 1. The van der Waals surface area contributed by atoms with Crippen LogP contribution in [0.3, 0.4) is 0 Å². The molecule has 0 fully saturated rings. The lowest BCUT2D eigenvalue weighted by Crippen LogP contribution is -2.06. The van der Waals surface area contributed by atoms with Crippen molar-refractivity contribution in [2.45, 2.75) is 84.2 Å². The zero-order valence-electron chi connectivity index (χ0n) is 25.2. The summed E-state index contributed by atoms with van der Waals surface area (Å²) in [6, 6.07) is 15.4. The van der Waals surface area contributed by atoms with Crippen LogP contribution < -0.4 is 0 Å². The molecule has 0 radical (unpaired) electrons. The van der Waals surface area contributed by atoms with E-state index in [1.54, 1.807) is 26.4 Å². The molecule has 0 heterocycles. The van der Waals surface area contributed by atoms with Crippen LogP contribution in [0.15, 0.2) is 67.8 Å². The van der Waals surface area contributed by atoms with Crippen LogP contribution in [0.4, 0.5) is 13.2 Å². The van der Waals surface area contributed by atoms with E-state index in [0.717, 1.165) is 58.2 Å². The lowest BCUT2D eigenvalue weighted by molar-refractivity contribution is -0.135. The average Bonchev–Trinajstić information content (AvgIpc) is 2.93. The van der Waals surface area contributed by atoms with E-state index in [4.69, 9.17) is 14.3 Å². The second kappa shape index (κ2) is 26.5. The highest BCUT2D eigenvalue weighted by molar-refractivity contribution is 5.68. The summed E-state index contributed by atoms with van der Waals surface area (Å²) in [5, 5.41) is 0. The minimum Gasteiger partial charge on any atom is -0.385 e. The number of hydrogen-bond acceptors (Lipinski definition) is 3. The molecule has 0 saturated carbocycles. The maximum Gasteiger partial charge on any atom is 0.389 e. The fourth-order valence-electron chi connectivity index (χ4n) is 3.98. The highest BCUT2D eigenvalue weighted by atomic mass is 19.4. The van der Waals surface area contributed by atoms with Gasteiger partial charge in [-0.15, -0.1) is 13.2 Å². The highest BCUT2D eigenvalue weighted by Gasteiger charge is 2.25. The molecule has 0 atom stereocenters. The van der Waals surface area contributed by atoms with Crippen LogP contribution in [0.1, 0.15) is 75.5 Å². The molecule has 0 aliphatic heterocycles. The van der Waals surface area contributed by atoms with Crippen molar-refractivity contribution in [3.63, 3.8) is 0 Å².